The number of hydrogen-bond acceptors (Lipinski definition) is 3. The fourth-order valence-corrected chi connectivity index (χ4v) is 3.43. The Hall–Kier alpha value is -1.85. The predicted molar refractivity (Wildman–Crippen MR) is 96.8 cm³/mol. The van der Waals surface area contributed by atoms with Crippen LogP contribution in [0.25, 0.3) is 0 Å². The second-order valence-electron chi connectivity index (χ2n) is 6.22. The number of carbonyl (C=O) groups is 1. The van der Waals surface area contributed by atoms with Crippen molar-refractivity contribution in [1.29, 1.82) is 0 Å². The maximum Gasteiger partial charge on any atom is 0.223 e. The molecule has 0 spiro atoms. The zero-order chi connectivity index (χ0) is 16.1. The number of halogens is 1. The van der Waals surface area contributed by atoms with E-state index in [2.05, 4.69) is 22.5 Å². The molecule has 1 aromatic carbocycles. The minimum Gasteiger partial charge on any atom is -0.352 e. The van der Waals surface area contributed by atoms with Crippen molar-refractivity contribution >= 4 is 18.3 Å². The topological polar surface area (TPSA) is 72.9 Å². The quantitative estimate of drug-likeness (QED) is 0.841. The van der Waals surface area contributed by atoms with Crippen LogP contribution in [0.15, 0.2) is 42.7 Å². The summed E-state index contributed by atoms with van der Waals surface area (Å²) in [7, 11) is 0. The van der Waals surface area contributed by atoms with Crippen LogP contribution in [0, 0.1) is 11.8 Å². The molecular formula is C18H25ClN4O. The van der Waals surface area contributed by atoms with E-state index in [1.165, 1.54) is 5.56 Å². The van der Waals surface area contributed by atoms with Crippen molar-refractivity contribution in [2.24, 2.45) is 17.6 Å². The second kappa shape index (κ2) is 8.85. The number of aromatic nitrogens is 2. The van der Waals surface area contributed by atoms with Crippen LogP contribution in [0.4, 0.5) is 0 Å². The average molecular weight is 349 g/mol. The lowest BCUT2D eigenvalue weighted by atomic mass is 9.95. The SMILES string of the molecule is Cl.NC[C@H]1CCC[C@H]1C(=O)NCc1ccccc1Cn1cccn1. The molecule has 1 amide bonds. The first-order valence-corrected chi connectivity index (χ1v) is 8.30. The summed E-state index contributed by atoms with van der Waals surface area (Å²) in [4.78, 5) is 12.4. The molecule has 2 atom stereocenters. The Morgan fingerprint density at radius 2 is 2.04 bits per heavy atom. The standard InChI is InChI=1S/C18H24N4O.ClH/c19-11-14-7-3-8-17(14)18(23)20-12-15-5-1-2-6-16(15)13-22-10-4-9-21-22;/h1-2,4-6,9-10,14,17H,3,7-8,11-13,19H2,(H,20,23);1H/t14-,17-;/m1./s1. The third kappa shape index (κ3) is 4.36. The van der Waals surface area contributed by atoms with Crippen LogP contribution in [0.2, 0.25) is 0 Å². The number of carbonyl (C=O) groups excluding carboxylic acids is 1. The summed E-state index contributed by atoms with van der Waals surface area (Å²) >= 11 is 0. The van der Waals surface area contributed by atoms with Crippen molar-refractivity contribution in [2.45, 2.75) is 32.4 Å². The fraction of sp³-hybridized carbons (Fsp3) is 0.444. The number of hydrogen-bond donors (Lipinski definition) is 2. The molecule has 0 saturated heterocycles. The van der Waals surface area contributed by atoms with Gasteiger partial charge >= 0.3 is 0 Å². The number of rotatable bonds is 6. The van der Waals surface area contributed by atoms with Crippen LogP contribution < -0.4 is 11.1 Å². The Bertz CT molecular complexity index is 644. The van der Waals surface area contributed by atoms with Gasteiger partial charge in [-0.2, -0.15) is 5.10 Å². The summed E-state index contributed by atoms with van der Waals surface area (Å²) in [5, 5.41) is 7.35. The van der Waals surface area contributed by atoms with Crippen molar-refractivity contribution in [3.8, 4) is 0 Å². The van der Waals surface area contributed by atoms with E-state index in [1.807, 2.05) is 29.1 Å². The summed E-state index contributed by atoms with van der Waals surface area (Å²) in [5.74, 6) is 0.569. The molecule has 1 heterocycles. The third-order valence-corrected chi connectivity index (χ3v) is 4.76. The summed E-state index contributed by atoms with van der Waals surface area (Å²) in [6, 6.07) is 10.1. The highest BCUT2D eigenvalue weighted by atomic mass is 35.5. The molecule has 0 aliphatic heterocycles. The largest absolute Gasteiger partial charge is 0.352 e. The number of amides is 1. The molecule has 0 bridgehead atoms. The minimum atomic E-state index is 0. The summed E-state index contributed by atoms with van der Waals surface area (Å²) in [6.45, 7) is 1.88. The van der Waals surface area contributed by atoms with Crippen LogP contribution >= 0.6 is 12.4 Å². The summed E-state index contributed by atoms with van der Waals surface area (Å²) in [6.07, 6.45) is 6.86. The molecule has 1 aliphatic rings. The highest BCUT2D eigenvalue weighted by Crippen LogP contribution is 2.31. The van der Waals surface area contributed by atoms with E-state index < -0.39 is 0 Å². The van der Waals surface area contributed by atoms with Gasteiger partial charge in [0.25, 0.3) is 0 Å². The molecular weight excluding hydrogens is 324 g/mol. The van der Waals surface area contributed by atoms with Gasteiger partial charge in [0.1, 0.15) is 0 Å². The summed E-state index contributed by atoms with van der Waals surface area (Å²) < 4.78 is 1.89. The lowest BCUT2D eigenvalue weighted by Crippen LogP contribution is -2.34. The first kappa shape index (κ1) is 18.5. The van der Waals surface area contributed by atoms with Crippen molar-refractivity contribution in [1.82, 2.24) is 15.1 Å². The Balaban J connectivity index is 0.00000208. The Morgan fingerprint density at radius 3 is 2.75 bits per heavy atom. The number of nitrogens with two attached hydrogens (primary N) is 1. The molecule has 1 fully saturated rings. The third-order valence-electron chi connectivity index (χ3n) is 4.76. The zero-order valence-electron chi connectivity index (χ0n) is 13.7. The highest BCUT2D eigenvalue weighted by molar-refractivity contribution is 5.85. The molecule has 1 aliphatic carbocycles. The number of nitrogens with zero attached hydrogens (tertiary/aromatic N) is 2. The monoisotopic (exact) mass is 348 g/mol. The van der Waals surface area contributed by atoms with Gasteiger partial charge in [-0.1, -0.05) is 30.7 Å². The van der Waals surface area contributed by atoms with Crippen LogP contribution in [-0.2, 0) is 17.9 Å². The Morgan fingerprint density at radius 1 is 1.25 bits per heavy atom. The van der Waals surface area contributed by atoms with Gasteiger partial charge in [-0.3, -0.25) is 9.48 Å². The zero-order valence-corrected chi connectivity index (χ0v) is 14.5. The van der Waals surface area contributed by atoms with Crippen molar-refractivity contribution in [2.75, 3.05) is 6.54 Å². The van der Waals surface area contributed by atoms with Gasteiger partial charge in [0.15, 0.2) is 0 Å². The summed E-state index contributed by atoms with van der Waals surface area (Å²) in [5.41, 5.74) is 8.10. The van der Waals surface area contributed by atoms with E-state index >= 15 is 0 Å². The van der Waals surface area contributed by atoms with E-state index in [9.17, 15) is 4.79 Å². The lowest BCUT2D eigenvalue weighted by molar-refractivity contribution is -0.126. The van der Waals surface area contributed by atoms with Crippen LogP contribution in [0.1, 0.15) is 30.4 Å². The molecule has 1 saturated carbocycles. The maximum atomic E-state index is 12.4. The van der Waals surface area contributed by atoms with E-state index in [0.717, 1.165) is 24.8 Å². The van der Waals surface area contributed by atoms with Crippen LogP contribution in [-0.4, -0.2) is 22.2 Å². The molecule has 130 valence electrons. The van der Waals surface area contributed by atoms with Crippen LogP contribution in [0.5, 0.6) is 0 Å². The molecule has 0 radical (unpaired) electrons. The van der Waals surface area contributed by atoms with Gasteiger partial charge in [-0.25, -0.2) is 0 Å². The minimum absolute atomic E-state index is 0. The van der Waals surface area contributed by atoms with Crippen molar-refractivity contribution in [3.05, 3.63) is 53.9 Å². The molecule has 3 N–H and O–H groups in total. The molecule has 2 aromatic rings. The Kier molecular flexibility index (Phi) is 6.82. The van der Waals surface area contributed by atoms with Gasteiger partial charge in [0.05, 0.1) is 6.54 Å². The highest BCUT2D eigenvalue weighted by Gasteiger charge is 2.31. The van der Waals surface area contributed by atoms with Gasteiger partial charge in [0, 0.05) is 24.9 Å². The van der Waals surface area contributed by atoms with E-state index in [4.69, 9.17) is 5.73 Å². The molecule has 0 unspecified atom stereocenters. The molecule has 5 nitrogen and oxygen atoms in total. The number of benzene rings is 1. The van der Waals surface area contributed by atoms with Gasteiger partial charge in [0.2, 0.25) is 5.91 Å². The van der Waals surface area contributed by atoms with Gasteiger partial charge < -0.3 is 11.1 Å². The number of nitrogens with one attached hydrogen (secondary N) is 1. The van der Waals surface area contributed by atoms with E-state index in [0.29, 0.717) is 25.6 Å². The normalized spacial score (nSPS) is 19.7. The first-order valence-electron chi connectivity index (χ1n) is 8.30. The van der Waals surface area contributed by atoms with Crippen molar-refractivity contribution in [3.63, 3.8) is 0 Å². The molecule has 1 aromatic heterocycles. The van der Waals surface area contributed by atoms with Crippen LogP contribution in [0.3, 0.4) is 0 Å². The fourth-order valence-electron chi connectivity index (χ4n) is 3.43. The predicted octanol–water partition coefficient (Wildman–Crippen LogP) is 2.34. The molecule has 24 heavy (non-hydrogen) atoms. The smallest absolute Gasteiger partial charge is 0.223 e. The molecule has 3 rings (SSSR count). The van der Waals surface area contributed by atoms with Gasteiger partial charge in [-0.15, -0.1) is 12.4 Å². The Labute approximate surface area is 149 Å². The second-order valence-corrected chi connectivity index (χ2v) is 6.22. The first-order chi connectivity index (χ1) is 11.3. The van der Waals surface area contributed by atoms with E-state index in [1.54, 1.807) is 6.20 Å². The van der Waals surface area contributed by atoms with Gasteiger partial charge in [-0.05, 0) is 42.5 Å². The average Bonchev–Trinajstić information content (AvgIpc) is 3.25. The lowest BCUT2D eigenvalue weighted by Gasteiger charge is -2.18. The van der Waals surface area contributed by atoms with Crippen molar-refractivity contribution < 1.29 is 4.79 Å². The van der Waals surface area contributed by atoms with E-state index in [-0.39, 0.29) is 24.2 Å². The molecule has 6 heteroatoms. The maximum absolute atomic E-state index is 12.4.